The number of aromatic nitrogens is 2. The third-order valence-electron chi connectivity index (χ3n) is 7.64. The molecule has 0 bridgehead atoms. The van der Waals surface area contributed by atoms with E-state index in [0.29, 0.717) is 40.0 Å². The molecule has 6 rings (SSSR count). The standard InChI is InChI=1S/C32H27FN4O4/c1-18-13-27(40-2)25(31(39)37-32(10-11-32)22-9-12-35-36-17-22)16-21(18)14-19-3-8-26-24(15-19)28(30(34)38)29(41-26)20-4-6-23(33)7-5-20/h3-9,12-13,15-17H,10-11,14H2,1-2H3,(H2,34,38)(H,37,39). The summed E-state index contributed by atoms with van der Waals surface area (Å²) in [5, 5.41) is 11.5. The average molecular weight is 551 g/mol. The first-order chi connectivity index (χ1) is 19.8. The molecule has 2 aromatic heterocycles. The molecular weight excluding hydrogens is 523 g/mol. The Morgan fingerprint density at radius 3 is 2.51 bits per heavy atom. The van der Waals surface area contributed by atoms with Crippen molar-refractivity contribution in [3.8, 4) is 17.1 Å². The van der Waals surface area contributed by atoms with Crippen molar-refractivity contribution in [2.24, 2.45) is 5.73 Å². The molecule has 1 saturated carbocycles. The first-order valence-electron chi connectivity index (χ1n) is 13.2. The number of benzene rings is 3. The van der Waals surface area contributed by atoms with Crippen LogP contribution >= 0.6 is 0 Å². The summed E-state index contributed by atoms with van der Waals surface area (Å²) < 4.78 is 25.0. The second kappa shape index (κ2) is 10.2. The van der Waals surface area contributed by atoms with Gasteiger partial charge in [0, 0.05) is 17.1 Å². The lowest BCUT2D eigenvalue weighted by Gasteiger charge is -2.19. The predicted octanol–water partition coefficient (Wildman–Crippen LogP) is 5.45. The molecule has 1 aliphatic carbocycles. The van der Waals surface area contributed by atoms with Gasteiger partial charge < -0.3 is 20.2 Å². The number of amides is 2. The number of aryl methyl sites for hydroxylation is 1. The van der Waals surface area contributed by atoms with Gasteiger partial charge in [0.05, 0.1) is 30.0 Å². The monoisotopic (exact) mass is 550 g/mol. The number of ether oxygens (including phenoxy) is 1. The zero-order valence-electron chi connectivity index (χ0n) is 22.5. The van der Waals surface area contributed by atoms with Crippen molar-refractivity contribution in [3.63, 3.8) is 0 Å². The Morgan fingerprint density at radius 2 is 1.85 bits per heavy atom. The summed E-state index contributed by atoms with van der Waals surface area (Å²) in [6.07, 6.45) is 5.42. The Balaban J connectivity index is 1.33. The van der Waals surface area contributed by atoms with E-state index in [0.717, 1.165) is 35.1 Å². The lowest BCUT2D eigenvalue weighted by atomic mass is 9.95. The summed E-state index contributed by atoms with van der Waals surface area (Å²) in [4.78, 5) is 26.0. The maximum absolute atomic E-state index is 13.5. The van der Waals surface area contributed by atoms with Crippen LogP contribution in [0.3, 0.4) is 0 Å². The molecule has 206 valence electrons. The normalized spacial score (nSPS) is 13.6. The molecule has 0 spiro atoms. The molecule has 2 heterocycles. The van der Waals surface area contributed by atoms with E-state index in [1.807, 2.05) is 37.3 Å². The Hall–Kier alpha value is -5.05. The molecular formula is C32H27FN4O4. The van der Waals surface area contributed by atoms with E-state index in [1.54, 1.807) is 37.7 Å². The highest BCUT2D eigenvalue weighted by atomic mass is 19.1. The average Bonchev–Trinajstić information content (AvgIpc) is 3.65. The number of carbonyl (C=O) groups is 2. The van der Waals surface area contributed by atoms with Crippen molar-refractivity contribution in [3.05, 3.63) is 112 Å². The highest BCUT2D eigenvalue weighted by Crippen LogP contribution is 2.45. The van der Waals surface area contributed by atoms with Crippen molar-refractivity contribution in [2.75, 3.05) is 7.11 Å². The Bertz CT molecular complexity index is 1790. The third kappa shape index (κ3) is 4.91. The SMILES string of the molecule is COc1cc(C)c(Cc2ccc3oc(-c4ccc(F)cc4)c(C(N)=O)c3c2)cc1C(=O)NC1(c2ccnnc2)CC1. The number of fused-ring (bicyclic) bond motifs is 1. The number of nitrogens with zero attached hydrogens (tertiary/aromatic N) is 2. The third-order valence-corrected chi connectivity index (χ3v) is 7.64. The van der Waals surface area contributed by atoms with E-state index in [1.165, 1.54) is 12.1 Å². The Morgan fingerprint density at radius 1 is 1.07 bits per heavy atom. The van der Waals surface area contributed by atoms with Gasteiger partial charge >= 0.3 is 0 Å². The van der Waals surface area contributed by atoms with Crippen LogP contribution in [0.2, 0.25) is 0 Å². The van der Waals surface area contributed by atoms with Crippen LogP contribution in [0.15, 0.2) is 77.5 Å². The van der Waals surface area contributed by atoms with Gasteiger partial charge in [-0.2, -0.15) is 10.2 Å². The fraction of sp³-hybridized carbons (Fsp3) is 0.188. The maximum atomic E-state index is 13.5. The number of methoxy groups -OCH3 is 1. The van der Waals surface area contributed by atoms with Gasteiger partial charge in [-0.1, -0.05) is 6.07 Å². The second-order valence-electron chi connectivity index (χ2n) is 10.3. The van der Waals surface area contributed by atoms with Crippen LogP contribution in [-0.2, 0) is 12.0 Å². The molecule has 0 aliphatic heterocycles. The Labute approximate surface area is 235 Å². The van der Waals surface area contributed by atoms with Gasteiger partial charge in [-0.25, -0.2) is 4.39 Å². The van der Waals surface area contributed by atoms with Gasteiger partial charge in [0.15, 0.2) is 0 Å². The smallest absolute Gasteiger partial charge is 0.255 e. The summed E-state index contributed by atoms with van der Waals surface area (Å²) in [7, 11) is 1.54. The number of rotatable bonds is 8. The van der Waals surface area contributed by atoms with E-state index in [2.05, 4.69) is 15.5 Å². The number of nitrogens with one attached hydrogen (secondary N) is 1. The van der Waals surface area contributed by atoms with Crippen molar-refractivity contribution in [1.82, 2.24) is 15.5 Å². The van der Waals surface area contributed by atoms with Gasteiger partial charge in [-0.05, 0) is 103 Å². The van der Waals surface area contributed by atoms with Gasteiger partial charge in [0.2, 0.25) is 0 Å². The number of furan rings is 1. The quantitative estimate of drug-likeness (QED) is 0.265. The van der Waals surface area contributed by atoms with Crippen LogP contribution in [0.25, 0.3) is 22.3 Å². The summed E-state index contributed by atoms with van der Waals surface area (Å²) in [5.74, 6) is -0.487. The molecule has 8 nitrogen and oxygen atoms in total. The zero-order valence-corrected chi connectivity index (χ0v) is 22.5. The summed E-state index contributed by atoms with van der Waals surface area (Å²) in [6.45, 7) is 1.96. The molecule has 41 heavy (non-hydrogen) atoms. The molecule has 2 amide bonds. The van der Waals surface area contributed by atoms with Crippen LogP contribution < -0.4 is 15.8 Å². The fourth-order valence-corrected chi connectivity index (χ4v) is 5.26. The number of hydrogen-bond donors (Lipinski definition) is 2. The van der Waals surface area contributed by atoms with E-state index < -0.39 is 17.3 Å². The van der Waals surface area contributed by atoms with E-state index in [9.17, 15) is 14.0 Å². The number of hydrogen-bond acceptors (Lipinski definition) is 6. The first-order valence-corrected chi connectivity index (χ1v) is 13.2. The lowest BCUT2D eigenvalue weighted by molar-refractivity contribution is 0.0926. The summed E-state index contributed by atoms with van der Waals surface area (Å²) in [6, 6.07) is 16.8. The van der Waals surface area contributed by atoms with Gasteiger partial charge in [-0.3, -0.25) is 9.59 Å². The van der Waals surface area contributed by atoms with Crippen molar-refractivity contribution >= 4 is 22.8 Å². The molecule has 0 unspecified atom stereocenters. The maximum Gasteiger partial charge on any atom is 0.255 e. The molecule has 0 saturated heterocycles. The van der Waals surface area contributed by atoms with E-state index >= 15 is 0 Å². The fourth-order valence-electron chi connectivity index (χ4n) is 5.26. The van der Waals surface area contributed by atoms with E-state index in [-0.39, 0.29) is 11.5 Å². The minimum absolute atomic E-state index is 0.234. The van der Waals surface area contributed by atoms with Crippen molar-refractivity contribution in [1.29, 1.82) is 0 Å². The topological polar surface area (TPSA) is 120 Å². The van der Waals surface area contributed by atoms with Crippen LogP contribution in [0, 0.1) is 12.7 Å². The van der Waals surface area contributed by atoms with Gasteiger partial charge in [0.25, 0.3) is 11.8 Å². The molecule has 0 atom stereocenters. The summed E-state index contributed by atoms with van der Waals surface area (Å²) >= 11 is 0. The van der Waals surface area contributed by atoms with Crippen LogP contribution in [0.1, 0.15) is 55.8 Å². The van der Waals surface area contributed by atoms with Gasteiger partial charge in [0.1, 0.15) is 22.9 Å². The number of primary amides is 1. The Kier molecular flexibility index (Phi) is 6.49. The predicted molar refractivity (Wildman–Crippen MR) is 151 cm³/mol. The van der Waals surface area contributed by atoms with Gasteiger partial charge in [-0.15, -0.1) is 0 Å². The van der Waals surface area contributed by atoms with Crippen LogP contribution in [-0.4, -0.2) is 29.1 Å². The molecule has 5 aromatic rings. The molecule has 3 aromatic carbocycles. The van der Waals surface area contributed by atoms with E-state index in [4.69, 9.17) is 14.9 Å². The minimum Gasteiger partial charge on any atom is -0.496 e. The molecule has 3 N–H and O–H groups in total. The molecule has 1 fully saturated rings. The number of halogens is 1. The first kappa shape index (κ1) is 26.2. The molecule has 1 aliphatic rings. The summed E-state index contributed by atoms with van der Waals surface area (Å²) in [5.41, 5.74) is 10.7. The van der Waals surface area contributed by atoms with Crippen LogP contribution in [0.4, 0.5) is 4.39 Å². The second-order valence-corrected chi connectivity index (χ2v) is 10.3. The zero-order chi connectivity index (χ0) is 28.7. The number of nitrogens with two attached hydrogens (primary N) is 1. The lowest BCUT2D eigenvalue weighted by Crippen LogP contribution is -2.35. The van der Waals surface area contributed by atoms with Crippen molar-refractivity contribution < 1.29 is 23.1 Å². The largest absolute Gasteiger partial charge is 0.496 e. The van der Waals surface area contributed by atoms with Crippen molar-refractivity contribution in [2.45, 2.75) is 31.7 Å². The highest BCUT2D eigenvalue weighted by Gasteiger charge is 2.46. The molecule has 9 heteroatoms. The molecule has 0 radical (unpaired) electrons. The highest BCUT2D eigenvalue weighted by molar-refractivity contribution is 6.10. The van der Waals surface area contributed by atoms with Crippen LogP contribution in [0.5, 0.6) is 5.75 Å². The minimum atomic E-state index is -0.641. The number of carbonyl (C=O) groups excluding carboxylic acids is 2.